The fraction of sp³-hybridized carbons (Fsp3) is 0.211. The molecule has 0 aliphatic carbocycles. The number of aromatic hydroxyl groups is 1. The van der Waals surface area contributed by atoms with E-state index in [1.54, 1.807) is 12.1 Å². The first-order valence-corrected chi connectivity index (χ1v) is 10.1. The summed E-state index contributed by atoms with van der Waals surface area (Å²) >= 11 is 13.1. The fourth-order valence-electron chi connectivity index (χ4n) is 2.62. The molecular formula is C19H17Cl2N3O3S. The van der Waals surface area contributed by atoms with Crippen molar-refractivity contribution in [3.63, 3.8) is 0 Å². The van der Waals surface area contributed by atoms with Crippen molar-refractivity contribution < 1.29 is 14.7 Å². The van der Waals surface area contributed by atoms with E-state index in [4.69, 9.17) is 23.2 Å². The van der Waals surface area contributed by atoms with Gasteiger partial charge in [0, 0.05) is 18.7 Å². The van der Waals surface area contributed by atoms with Gasteiger partial charge in [-0.2, -0.15) is 0 Å². The molecule has 1 fully saturated rings. The van der Waals surface area contributed by atoms with E-state index in [0.717, 1.165) is 0 Å². The highest BCUT2D eigenvalue weighted by molar-refractivity contribution is 8.15. The Hall–Kier alpha value is -2.22. The van der Waals surface area contributed by atoms with Gasteiger partial charge in [0.15, 0.2) is 10.9 Å². The van der Waals surface area contributed by atoms with Gasteiger partial charge in [0.05, 0.1) is 15.7 Å². The van der Waals surface area contributed by atoms with Crippen LogP contribution in [0.5, 0.6) is 5.75 Å². The summed E-state index contributed by atoms with van der Waals surface area (Å²) in [6, 6.07) is 11.9. The Morgan fingerprint density at radius 2 is 1.93 bits per heavy atom. The molecule has 1 aliphatic heterocycles. The summed E-state index contributed by atoms with van der Waals surface area (Å²) in [5.74, 6) is -0.689. The molecule has 3 rings (SSSR count). The van der Waals surface area contributed by atoms with E-state index in [0.29, 0.717) is 23.1 Å². The first-order valence-electron chi connectivity index (χ1n) is 8.48. The number of amidine groups is 1. The Labute approximate surface area is 176 Å². The quantitative estimate of drug-likeness (QED) is 0.727. The highest BCUT2D eigenvalue weighted by Gasteiger charge is 2.35. The van der Waals surface area contributed by atoms with Crippen LogP contribution < -0.4 is 5.32 Å². The highest BCUT2D eigenvalue weighted by Crippen LogP contribution is 2.37. The van der Waals surface area contributed by atoms with Crippen LogP contribution in [0.15, 0.2) is 47.5 Å². The van der Waals surface area contributed by atoms with Gasteiger partial charge >= 0.3 is 0 Å². The van der Waals surface area contributed by atoms with Gasteiger partial charge in [0.25, 0.3) is 0 Å². The third-order valence-corrected chi connectivity index (χ3v) is 5.78. The number of amides is 2. The Bertz CT molecular complexity index is 914. The van der Waals surface area contributed by atoms with Gasteiger partial charge in [0.2, 0.25) is 11.8 Å². The van der Waals surface area contributed by atoms with Crippen molar-refractivity contribution in [3.05, 3.63) is 52.5 Å². The van der Waals surface area contributed by atoms with Crippen LogP contribution in [-0.4, -0.2) is 38.8 Å². The number of hydrogen-bond donors (Lipinski definition) is 2. The van der Waals surface area contributed by atoms with Crippen LogP contribution in [0.4, 0.5) is 11.4 Å². The van der Waals surface area contributed by atoms with Crippen LogP contribution in [0.3, 0.4) is 0 Å². The number of carbonyl (C=O) groups is 2. The van der Waals surface area contributed by atoms with E-state index < -0.39 is 5.25 Å². The molecule has 6 nitrogen and oxygen atoms in total. The molecule has 146 valence electrons. The van der Waals surface area contributed by atoms with Crippen LogP contribution >= 0.6 is 35.0 Å². The number of nitrogens with one attached hydrogen (secondary N) is 1. The average molecular weight is 438 g/mol. The first kappa shape index (κ1) is 20.5. The summed E-state index contributed by atoms with van der Waals surface area (Å²) in [7, 11) is 0. The maximum atomic E-state index is 12.6. The molecular weight excluding hydrogens is 421 g/mol. The van der Waals surface area contributed by atoms with Crippen molar-refractivity contribution in [1.82, 2.24) is 4.90 Å². The number of rotatable bonds is 4. The smallest absolute Gasteiger partial charge is 0.238 e. The minimum Gasteiger partial charge on any atom is -0.505 e. The van der Waals surface area contributed by atoms with Gasteiger partial charge in [-0.25, -0.2) is 4.99 Å². The molecule has 0 bridgehead atoms. The second kappa shape index (κ2) is 8.86. The maximum absolute atomic E-state index is 12.6. The maximum Gasteiger partial charge on any atom is 0.238 e. The van der Waals surface area contributed by atoms with E-state index >= 15 is 0 Å². The van der Waals surface area contributed by atoms with Crippen molar-refractivity contribution in [2.45, 2.75) is 18.6 Å². The highest BCUT2D eigenvalue weighted by atomic mass is 35.5. The third kappa shape index (κ3) is 4.60. The molecule has 0 radical (unpaired) electrons. The fourth-order valence-corrected chi connectivity index (χ4v) is 4.26. The number of phenols is 1. The summed E-state index contributed by atoms with van der Waals surface area (Å²) in [6.07, 6.45) is 0.0767. The monoisotopic (exact) mass is 437 g/mol. The number of halogens is 2. The minimum atomic E-state index is -0.614. The Balaban J connectivity index is 1.86. The third-order valence-electron chi connectivity index (χ3n) is 4.02. The lowest BCUT2D eigenvalue weighted by Crippen LogP contribution is -2.45. The van der Waals surface area contributed by atoms with Crippen LogP contribution in [-0.2, 0) is 9.59 Å². The molecule has 2 aromatic rings. The zero-order valence-electron chi connectivity index (χ0n) is 14.9. The van der Waals surface area contributed by atoms with E-state index in [2.05, 4.69) is 10.3 Å². The van der Waals surface area contributed by atoms with Crippen molar-refractivity contribution in [2.24, 2.45) is 4.99 Å². The molecule has 1 heterocycles. The molecule has 0 saturated carbocycles. The molecule has 9 heteroatoms. The number of phenolic OH excluding ortho intramolecular Hbond substituents is 1. The molecule has 28 heavy (non-hydrogen) atoms. The van der Waals surface area contributed by atoms with Crippen LogP contribution in [0, 0.1) is 0 Å². The molecule has 0 spiro atoms. The van der Waals surface area contributed by atoms with Gasteiger partial charge in [-0.3, -0.25) is 14.5 Å². The Kier molecular flexibility index (Phi) is 6.49. The van der Waals surface area contributed by atoms with Gasteiger partial charge in [-0.05, 0) is 31.2 Å². The molecule has 0 aromatic heterocycles. The van der Waals surface area contributed by atoms with Gasteiger partial charge < -0.3 is 10.4 Å². The zero-order valence-corrected chi connectivity index (χ0v) is 17.2. The lowest BCUT2D eigenvalue weighted by atomic mass is 10.2. The minimum absolute atomic E-state index is 0.0559. The number of benzene rings is 2. The lowest BCUT2D eigenvalue weighted by molar-refractivity contribution is -0.129. The zero-order chi connectivity index (χ0) is 20.3. The molecule has 1 unspecified atom stereocenters. The van der Waals surface area contributed by atoms with Crippen LogP contribution in [0.2, 0.25) is 10.0 Å². The largest absolute Gasteiger partial charge is 0.505 e. The van der Waals surface area contributed by atoms with Crippen molar-refractivity contribution in [1.29, 1.82) is 0 Å². The summed E-state index contributed by atoms with van der Waals surface area (Å²) < 4.78 is 0. The second-order valence-electron chi connectivity index (χ2n) is 5.96. The van der Waals surface area contributed by atoms with Gasteiger partial charge in [0.1, 0.15) is 5.25 Å². The summed E-state index contributed by atoms with van der Waals surface area (Å²) in [5.41, 5.74) is 1.04. The van der Waals surface area contributed by atoms with Gasteiger partial charge in [-0.1, -0.05) is 53.2 Å². The molecule has 2 aromatic carbocycles. The number of nitrogens with zero attached hydrogens (tertiary/aromatic N) is 2. The summed E-state index contributed by atoms with van der Waals surface area (Å²) in [6.45, 7) is 2.24. The predicted molar refractivity (Wildman–Crippen MR) is 114 cm³/mol. The topological polar surface area (TPSA) is 82.0 Å². The predicted octanol–water partition coefficient (Wildman–Crippen LogP) is 4.68. The normalized spacial score (nSPS) is 18.4. The SMILES string of the molecule is CCN1C(=O)CC(C(=O)Nc2ccccc2)SC1=Nc1cc(Cl)c(O)c(Cl)c1. The van der Waals surface area contributed by atoms with Crippen LogP contribution in [0.25, 0.3) is 0 Å². The summed E-state index contributed by atoms with van der Waals surface area (Å²) in [5, 5.41) is 12.4. The second-order valence-corrected chi connectivity index (χ2v) is 7.94. The van der Waals surface area contributed by atoms with Crippen molar-refractivity contribution in [3.8, 4) is 5.75 Å². The number of para-hydroxylation sites is 1. The first-order chi connectivity index (χ1) is 13.4. The molecule has 1 saturated heterocycles. The molecule has 1 aliphatic rings. The summed E-state index contributed by atoms with van der Waals surface area (Å²) in [4.78, 5) is 31.1. The van der Waals surface area contributed by atoms with E-state index in [1.165, 1.54) is 28.8 Å². The Morgan fingerprint density at radius 1 is 1.29 bits per heavy atom. The van der Waals surface area contributed by atoms with E-state index in [-0.39, 0.29) is 34.0 Å². The van der Waals surface area contributed by atoms with E-state index in [1.807, 2.05) is 25.1 Å². The standard InChI is InChI=1S/C19H17Cl2N3O3S/c1-2-24-16(25)10-15(18(27)22-11-6-4-3-5-7-11)28-19(24)23-12-8-13(20)17(26)14(21)9-12/h3-9,15,26H,2,10H2,1H3,(H,22,27). The van der Waals surface area contributed by atoms with Crippen molar-refractivity contribution in [2.75, 3.05) is 11.9 Å². The Morgan fingerprint density at radius 3 is 2.54 bits per heavy atom. The molecule has 2 N–H and O–H groups in total. The number of carbonyl (C=O) groups excluding carboxylic acids is 2. The lowest BCUT2D eigenvalue weighted by Gasteiger charge is -2.31. The van der Waals surface area contributed by atoms with E-state index in [9.17, 15) is 14.7 Å². The number of anilines is 1. The molecule has 1 atom stereocenters. The average Bonchev–Trinajstić information content (AvgIpc) is 2.66. The number of thioether (sulfide) groups is 1. The van der Waals surface area contributed by atoms with Crippen molar-refractivity contribution >= 4 is 63.3 Å². The number of aliphatic imine (C=N–C) groups is 1. The van der Waals surface area contributed by atoms with Crippen LogP contribution in [0.1, 0.15) is 13.3 Å². The molecule has 2 amide bonds. The number of hydrogen-bond acceptors (Lipinski definition) is 5. The van der Waals surface area contributed by atoms with Gasteiger partial charge in [-0.15, -0.1) is 0 Å².